The van der Waals surface area contributed by atoms with Crippen molar-refractivity contribution in [1.29, 1.82) is 0 Å². The van der Waals surface area contributed by atoms with E-state index >= 15 is 0 Å². The summed E-state index contributed by atoms with van der Waals surface area (Å²) in [7, 11) is 3.36. The van der Waals surface area contributed by atoms with Crippen molar-refractivity contribution in [3.05, 3.63) is 64.7 Å². The van der Waals surface area contributed by atoms with Crippen LogP contribution < -0.4 is 14.8 Å². The second-order valence-corrected chi connectivity index (χ2v) is 8.50. The lowest BCUT2D eigenvalue weighted by molar-refractivity contribution is 0.414. The van der Waals surface area contributed by atoms with E-state index in [2.05, 4.69) is 38.2 Å². The molecule has 0 radical (unpaired) electrons. The largest absolute Gasteiger partial charge is 0.497 e. The van der Waals surface area contributed by atoms with Gasteiger partial charge in [0.1, 0.15) is 11.5 Å². The second kappa shape index (κ2) is 8.01. The molecule has 0 atom stereocenters. The van der Waals surface area contributed by atoms with Crippen LogP contribution in [0.1, 0.15) is 36.9 Å². The van der Waals surface area contributed by atoms with Crippen molar-refractivity contribution in [2.75, 3.05) is 19.5 Å². The average molecular weight is 383 g/mol. The van der Waals surface area contributed by atoms with E-state index in [0.717, 1.165) is 34.4 Å². The molecule has 0 spiro atoms. The van der Waals surface area contributed by atoms with Crippen LogP contribution in [0.15, 0.2) is 48.5 Å². The van der Waals surface area contributed by atoms with Gasteiger partial charge in [-0.15, -0.1) is 11.3 Å². The van der Waals surface area contributed by atoms with Gasteiger partial charge in [-0.05, 0) is 42.0 Å². The monoisotopic (exact) mass is 382 g/mol. The van der Waals surface area contributed by atoms with Gasteiger partial charge in [0.25, 0.3) is 0 Å². The Morgan fingerprint density at radius 2 is 1.44 bits per heavy atom. The van der Waals surface area contributed by atoms with Crippen LogP contribution in [0, 0.1) is 0 Å². The molecule has 0 aliphatic heterocycles. The normalized spacial score (nSPS) is 11.3. The van der Waals surface area contributed by atoms with Gasteiger partial charge in [-0.3, -0.25) is 0 Å². The Bertz CT molecular complexity index is 878. The highest BCUT2D eigenvalue weighted by Crippen LogP contribution is 2.35. The van der Waals surface area contributed by atoms with Crippen LogP contribution in [-0.4, -0.2) is 19.2 Å². The highest BCUT2D eigenvalue weighted by molar-refractivity contribution is 7.15. The lowest BCUT2D eigenvalue weighted by Crippen LogP contribution is -2.14. The van der Waals surface area contributed by atoms with Crippen molar-refractivity contribution < 1.29 is 9.47 Å². The molecule has 0 bridgehead atoms. The molecule has 0 aliphatic carbocycles. The van der Waals surface area contributed by atoms with Crippen LogP contribution in [0.2, 0.25) is 0 Å². The SMILES string of the molecule is COc1ccc(Cc2sc(Nc3ccc(OC)cc3)nc2C(C)(C)C)cc1. The smallest absolute Gasteiger partial charge is 0.187 e. The molecule has 5 heteroatoms. The summed E-state index contributed by atoms with van der Waals surface area (Å²) in [5.41, 5.74) is 3.37. The van der Waals surface area contributed by atoms with E-state index in [-0.39, 0.29) is 5.41 Å². The molecule has 2 aromatic carbocycles. The maximum atomic E-state index is 5.26. The van der Waals surface area contributed by atoms with Gasteiger partial charge in [0.05, 0.1) is 19.9 Å². The first kappa shape index (κ1) is 19.2. The summed E-state index contributed by atoms with van der Waals surface area (Å²) in [4.78, 5) is 6.18. The minimum absolute atomic E-state index is 0.0157. The Morgan fingerprint density at radius 1 is 0.889 bits per heavy atom. The van der Waals surface area contributed by atoms with Gasteiger partial charge in [0, 0.05) is 22.4 Å². The molecule has 142 valence electrons. The summed E-state index contributed by atoms with van der Waals surface area (Å²) in [6.07, 6.45) is 0.860. The van der Waals surface area contributed by atoms with E-state index in [1.807, 2.05) is 36.4 Å². The van der Waals surface area contributed by atoms with Crippen molar-refractivity contribution in [1.82, 2.24) is 4.98 Å². The molecule has 0 aliphatic rings. The number of methoxy groups -OCH3 is 2. The van der Waals surface area contributed by atoms with Crippen molar-refractivity contribution in [2.45, 2.75) is 32.6 Å². The average Bonchev–Trinajstić information content (AvgIpc) is 3.05. The topological polar surface area (TPSA) is 43.4 Å². The highest BCUT2D eigenvalue weighted by atomic mass is 32.1. The Hall–Kier alpha value is -2.53. The van der Waals surface area contributed by atoms with Crippen molar-refractivity contribution in [2.24, 2.45) is 0 Å². The first-order chi connectivity index (χ1) is 12.9. The molecule has 1 aromatic heterocycles. The first-order valence-electron chi connectivity index (χ1n) is 8.93. The summed E-state index contributed by atoms with van der Waals surface area (Å²) in [6.45, 7) is 6.62. The number of hydrogen-bond donors (Lipinski definition) is 1. The number of nitrogens with one attached hydrogen (secondary N) is 1. The predicted molar refractivity (Wildman–Crippen MR) is 113 cm³/mol. The van der Waals surface area contributed by atoms with E-state index in [9.17, 15) is 0 Å². The molecule has 27 heavy (non-hydrogen) atoms. The maximum Gasteiger partial charge on any atom is 0.187 e. The van der Waals surface area contributed by atoms with Crippen LogP contribution >= 0.6 is 11.3 Å². The molecule has 4 nitrogen and oxygen atoms in total. The third-order valence-corrected chi connectivity index (χ3v) is 5.24. The van der Waals surface area contributed by atoms with Gasteiger partial charge in [0.15, 0.2) is 5.13 Å². The predicted octanol–water partition coefficient (Wildman–Crippen LogP) is 5.79. The van der Waals surface area contributed by atoms with Gasteiger partial charge < -0.3 is 14.8 Å². The summed E-state index contributed by atoms with van der Waals surface area (Å²) in [5, 5.41) is 4.33. The molecule has 1 heterocycles. The fourth-order valence-electron chi connectivity index (χ4n) is 2.84. The summed E-state index contributed by atoms with van der Waals surface area (Å²) < 4.78 is 10.5. The number of ether oxygens (including phenoxy) is 2. The molecule has 0 saturated carbocycles. The Balaban J connectivity index is 1.85. The van der Waals surface area contributed by atoms with Crippen LogP contribution in [0.5, 0.6) is 11.5 Å². The molecule has 0 saturated heterocycles. The van der Waals surface area contributed by atoms with Crippen LogP contribution in [0.3, 0.4) is 0 Å². The van der Waals surface area contributed by atoms with Crippen LogP contribution in [0.4, 0.5) is 10.8 Å². The van der Waals surface area contributed by atoms with E-state index < -0.39 is 0 Å². The Morgan fingerprint density at radius 3 is 1.96 bits per heavy atom. The zero-order valence-corrected chi connectivity index (χ0v) is 17.3. The Labute approximate surface area is 165 Å². The fraction of sp³-hybridized carbons (Fsp3) is 0.318. The van der Waals surface area contributed by atoms with Crippen molar-refractivity contribution >= 4 is 22.2 Å². The number of rotatable bonds is 6. The Kier molecular flexibility index (Phi) is 5.71. The molecule has 0 unspecified atom stereocenters. The van der Waals surface area contributed by atoms with Gasteiger partial charge in [-0.1, -0.05) is 32.9 Å². The van der Waals surface area contributed by atoms with Crippen LogP contribution in [0.25, 0.3) is 0 Å². The number of nitrogens with zero attached hydrogens (tertiary/aromatic N) is 1. The standard InChI is InChI=1S/C22H26N2O2S/c1-22(2,3)20-19(14-15-6-10-17(25-4)11-7-15)27-21(24-20)23-16-8-12-18(26-5)13-9-16/h6-13H,14H2,1-5H3,(H,23,24). The first-order valence-corrected chi connectivity index (χ1v) is 9.75. The third-order valence-electron chi connectivity index (χ3n) is 4.27. The number of benzene rings is 2. The fourth-order valence-corrected chi connectivity index (χ4v) is 4.06. The lowest BCUT2D eigenvalue weighted by Gasteiger charge is -2.17. The molecular formula is C22H26N2O2S. The third kappa shape index (κ3) is 4.80. The molecule has 0 amide bonds. The maximum absolute atomic E-state index is 5.26. The van der Waals surface area contributed by atoms with Gasteiger partial charge in [-0.2, -0.15) is 0 Å². The minimum Gasteiger partial charge on any atom is -0.497 e. The summed E-state index contributed by atoms with van der Waals surface area (Å²) in [5.74, 6) is 1.72. The van der Waals surface area contributed by atoms with Crippen molar-refractivity contribution in [3.8, 4) is 11.5 Å². The van der Waals surface area contributed by atoms with E-state index in [0.29, 0.717) is 0 Å². The molecule has 3 aromatic rings. The van der Waals surface area contributed by atoms with Crippen molar-refractivity contribution in [3.63, 3.8) is 0 Å². The summed E-state index contributed by atoms with van der Waals surface area (Å²) >= 11 is 1.71. The zero-order valence-electron chi connectivity index (χ0n) is 16.5. The number of hydrogen-bond acceptors (Lipinski definition) is 5. The molecule has 3 rings (SSSR count). The summed E-state index contributed by atoms with van der Waals surface area (Å²) in [6, 6.07) is 16.1. The minimum atomic E-state index is -0.0157. The van der Waals surface area contributed by atoms with Gasteiger partial charge in [0.2, 0.25) is 0 Å². The number of anilines is 2. The van der Waals surface area contributed by atoms with E-state index in [1.165, 1.54) is 10.4 Å². The van der Waals surface area contributed by atoms with Gasteiger partial charge in [-0.25, -0.2) is 4.98 Å². The number of aromatic nitrogens is 1. The lowest BCUT2D eigenvalue weighted by atomic mass is 9.90. The van der Waals surface area contributed by atoms with E-state index in [1.54, 1.807) is 25.6 Å². The molecule has 1 N–H and O–H groups in total. The van der Waals surface area contributed by atoms with E-state index in [4.69, 9.17) is 14.5 Å². The highest BCUT2D eigenvalue weighted by Gasteiger charge is 2.23. The quantitative estimate of drug-likeness (QED) is 0.586. The molecule has 0 fully saturated rings. The number of thiazole rings is 1. The molecular weight excluding hydrogens is 356 g/mol. The van der Waals surface area contributed by atoms with Gasteiger partial charge >= 0.3 is 0 Å². The zero-order chi connectivity index (χ0) is 19.4. The van der Waals surface area contributed by atoms with Crippen LogP contribution in [-0.2, 0) is 11.8 Å². The second-order valence-electron chi connectivity index (χ2n) is 7.42.